The van der Waals surface area contributed by atoms with Gasteiger partial charge >= 0.3 is 0 Å². The predicted octanol–water partition coefficient (Wildman–Crippen LogP) is 3.33. The summed E-state index contributed by atoms with van der Waals surface area (Å²) in [6, 6.07) is 15.3. The minimum Gasteiger partial charge on any atom is -0.339 e. The van der Waals surface area contributed by atoms with Crippen LogP contribution in [0.25, 0.3) is 11.1 Å². The molecular weight excluding hydrogens is 294 g/mol. The quantitative estimate of drug-likeness (QED) is 0.871. The van der Waals surface area contributed by atoms with Gasteiger partial charge in [-0.15, -0.1) is 0 Å². The number of hydrogen-bond acceptors (Lipinski definition) is 2. The molecule has 1 aliphatic rings. The summed E-state index contributed by atoms with van der Waals surface area (Å²) in [5.74, 6) is 0.108. The van der Waals surface area contributed by atoms with Crippen LogP contribution in [0.2, 0.25) is 0 Å². The average Bonchev–Trinajstić information content (AvgIpc) is 3.09. The second kappa shape index (κ2) is 6.44. The number of hydrogen-bond donors (Lipinski definition) is 0. The summed E-state index contributed by atoms with van der Waals surface area (Å²) >= 11 is 0. The lowest BCUT2D eigenvalue weighted by molar-refractivity contribution is 0.0793. The zero-order valence-corrected chi connectivity index (χ0v) is 13.4. The Hall–Kier alpha value is -1.94. The number of carbonyl (C=O) groups excluding carboxylic acids is 1. The van der Waals surface area contributed by atoms with Crippen molar-refractivity contribution in [2.75, 3.05) is 19.3 Å². The largest absolute Gasteiger partial charge is 0.339 e. The highest BCUT2D eigenvalue weighted by Gasteiger charge is 2.19. The molecular formula is C18H19NO2S. The molecule has 2 aromatic rings. The van der Waals surface area contributed by atoms with Gasteiger partial charge in [-0.05, 0) is 42.2 Å². The molecule has 1 saturated heterocycles. The van der Waals surface area contributed by atoms with Gasteiger partial charge in [-0.1, -0.05) is 30.3 Å². The Morgan fingerprint density at radius 3 is 2.27 bits per heavy atom. The summed E-state index contributed by atoms with van der Waals surface area (Å²) < 4.78 is 11.8. The molecule has 0 aliphatic carbocycles. The molecule has 1 amide bonds. The monoisotopic (exact) mass is 313 g/mol. The highest BCUT2D eigenvalue weighted by atomic mass is 32.2. The second-order valence-corrected chi connectivity index (χ2v) is 6.88. The molecule has 0 radical (unpaired) electrons. The SMILES string of the molecule is CS(=O)c1ccccc1-c1ccc(C(=O)N2CCCC2)cc1. The molecule has 2 aromatic carbocycles. The molecule has 0 aromatic heterocycles. The first-order chi connectivity index (χ1) is 10.7. The minimum atomic E-state index is -1.03. The first kappa shape index (κ1) is 15.0. The Morgan fingerprint density at radius 2 is 1.64 bits per heavy atom. The van der Waals surface area contributed by atoms with Gasteiger partial charge in [-0.25, -0.2) is 0 Å². The van der Waals surface area contributed by atoms with E-state index in [1.807, 2.05) is 53.4 Å². The molecule has 3 nitrogen and oxygen atoms in total. The highest BCUT2D eigenvalue weighted by molar-refractivity contribution is 7.84. The number of amides is 1. The standard InChI is InChI=1S/C18H19NO2S/c1-22(21)17-7-3-2-6-16(17)14-8-10-15(11-9-14)18(20)19-12-4-5-13-19/h2-3,6-11H,4-5,12-13H2,1H3. The van der Waals surface area contributed by atoms with E-state index in [1.165, 1.54) is 0 Å². The van der Waals surface area contributed by atoms with Crippen LogP contribution < -0.4 is 0 Å². The molecule has 0 spiro atoms. The summed E-state index contributed by atoms with van der Waals surface area (Å²) in [6.07, 6.45) is 3.88. The van der Waals surface area contributed by atoms with Crippen LogP contribution in [0.15, 0.2) is 53.4 Å². The first-order valence-corrected chi connectivity index (χ1v) is 9.05. The lowest BCUT2D eigenvalue weighted by atomic mass is 10.0. The van der Waals surface area contributed by atoms with Crippen LogP contribution in [0.4, 0.5) is 0 Å². The molecule has 114 valence electrons. The van der Waals surface area contributed by atoms with Crippen molar-refractivity contribution in [3.8, 4) is 11.1 Å². The summed E-state index contributed by atoms with van der Waals surface area (Å²) in [5.41, 5.74) is 2.67. The third-order valence-electron chi connectivity index (χ3n) is 4.03. The van der Waals surface area contributed by atoms with E-state index < -0.39 is 10.8 Å². The van der Waals surface area contributed by atoms with Gasteiger partial charge in [0.25, 0.3) is 5.91 Å². The van der Waals surface area contributed by atoms with E-state index in [2.05, 4.69) is 0 Å². The molecule has 4 heteroatoms. The van der Waals surface area contributed by atoms with E-state index in [-0.39, 0.29) is 5.91 Å². The third-order valence-corrected chi connectivity index (χ3v) is 5.01. The van der Waals surface area contributed by atoms with E-state index >= 15 is 0 Å². The van der Waals surface area contributed by atoms with Crippen LogP contribution in [0.3, 0.4) is 0 Å². The fourth-order valence-electron chi connectivity index (χ4n) is 2.85. The van der Waals surface area contributed by atoms with E-state index in [1.54, 1.807) is 6.26 Å². The van der Waals surface area contributed by atoms with Crippen molar-refractivity contribution >= 4 is 16.7 Å². The van der Waals surface area contributed by atoms with Crippen molar-refractivity contribution in [3.05, 3.63) is 54.1 Å². The molecule has 0 bridgehead atoms. The van der Waals surface area contributed by atoms with Crippen LogP contribution >= 0.6 is 0 Å². The van der Waals surface area contributed by atoms with E-state index in [9.17, 15) is 9.00 Å². The summed E-state index contributed by atoms with van der Waals surface area (Å²) in [5, 5.41) is 0. The number of carbonyl (C=O) groups is 1. The van der Waals surface area contributed by atoms with E-state index in [0.29, 0.717) is 0 Å². The Labute approximate surface area is 133 Å². The fourth-order valence-corrected chi connectivity index (χ4v) is 3.62. The fraction of sp³-hybridized carbons (Fsp3) is 0.278. The summed E-state index contributed by atoms with van der Waals surface area (Å²) in [6.45, 7) is 1.72. The highest BCUT2D eigenvalue weighted by Crippen LogP contribution is 2.26. The molecule has 1 atom stereocenters. The number of likely N-dealkylation sites (tertiary alicyclic amines) is 1. The molecule has 1 fully saturated rings. The van der Waals surface area contributed by atoms with Gasteiger partial charge in [0.2, 0.25) is 0 Å². The smallest absolute Gasteiger partial charge is 0.253 e. The predicted molar refractivity (Wildman–Crippen MR) is 89.3 cm³/mol. The Kier molecular flexibility index (Phi) is 4.39. The van der Waals surface area contributed by atoms with Gasteiger partial charge in [0.1, 0.15) is 0 Å². The van der Waals surface area contributed by atoms with E-state index in [0.717, 1.165) is 47.5 Å². The van der Waals surface area contributed by atoms with Gasteiger partial charge in [0.15, 0.2) is 0 Å². The van der Waals surface area contributed by atoms with Crippen LogP contribution in [0, 0.1) is 0 Å². The van der Waals surface area contributed by atoms with Gasteiger partial charge < -0.3 is 4.90 Å². The Bertz CT molecular complexity index is 703. The number of rotatable bonds is 3. The lowest BCUT2D eigenvalue weighted by Crippen LogP contribution is -2.27. The average molecular weight is 313 g/mol. The van der Waals surface area contributed by atoms with Crippen LogP contribution in [-0.2, 0) is 10.8 Å². The van der Waals surface area contributed by atoms with Crippen LogP contribution in [-0.4, -0.2) is 34.4 Å². The van der Waals surface area contributed by atoms with Crippen molar-refractivity contribution < 1.29 is 9.00 Å². The van der Waals surface area contributed by atoms with Crippen molar-refractivity contribution in [1.29, 1.82) is 0 Å². The van der Waals surface area contributed by atoms with Gasteiger partial charge in [-0.2, -0.15) is 0 Å². The van der Waals surface area contributed by atoms with Gasteiger partial charge in [0, 0.05) is 29.8 Å². The van der Waals surface area contributed by atoms with Gasteiger partial charge in [-0.3, -0.25) is 9.00 Å². The molecule has 3 rings (SSSR count). The van der Waals surface area contributed by atoms with Crippen molar-refractivity contribution in [3.63, 3.8) is 0 Å². The molecule has 1 unspecified atom stereocenters. The van der Waals surface area contributed by atoms with Crippen molar-refractivity contribution in [1.82, 2.24) is 4.90 Å². The molecule has 0 saturated carbocycles. The maximum absolute atomic E-state index is 12.3. The van der Waals surface area contributed by atoms with E-state index in [4.69, 9.17) is 0 Å². The normalized spacial score (nSPS) is 15.8. The van der Waals surface area contributed by atoms with Gasteiger partial charge in [0.05, 0.1) is 10.8 Å². The third kappa shape index (κ3) is 2.97. The number of nitrogens with zero attached hydrogens (tertiary/aromatic N) is 1. The maximum Gasteiger partial charge on any atom is 0.253 e. The van der Waals surface area contributed by atoms with Crippen molar-refractivity contribution in [2.45, 2.75) is 17.7 Å². The zero-order chi connectivity index (χ0) is 15.5. The first-order valence-electron chi connectivity index (χ1n) is 7.49. The molecule has 0 N–H and O–H groups in total. The van der Waals surface area contributed by atoms with Crippen molar-refractivity contribution in [2.24, 2.45) is 0 Å². The second-order valence-electron chi connectivity index (χ2n) is 5.53. The minimum absolute atomic E-state index is 0.108. The molecule has 1 heterocycles. The Balaban J connectivity index is 1.88. The van der Waals surface area contributed by atoms with Crippen LogP contribution in [0.5, 0.6) is 0 Å². The van der Waals surface area contributed by atoms with Crippen LogP contribution in [0.1, 0.15) is 23.2 Å². The number of benzene rings is 2. The zero-order valence-electron chi connectivity index (χ0n) is 12.6. The Morgan fingerprint density at radius 1 is 1.00 bits per heavy atom. The summed E-state index contributed by atoms with van der Waals surface area (Å²) in [4.78, 5) is 15.1. The maximum atomic E-state index is 12.3. The molecule has 22 heavy (non-hydrogen) atoms. The molecule has 1 aliphatic heterocycles. The summed E-state index contributed by atoms with van der Waals surface area (Å²) in [7, 11) is -1.03. The topological polar surface area (TPSA) is 37.4 Å². The lowest BCUT2D eigenvalue weighted by Gasteiger charge is -2.15.